The van der Waals surface area contributed by atoms with E-state index in [0.717, 1.165) is 18.2 Å². The fourth-order valence-electron chi connectivity index (χ4n) is 3.05. The van der Waals surface area contributed by atoms with Gasteiger partial charge in [-0.05, 0) is 37.1 Å². The predicted octanol–water partition coefficient (Wildman–Crippen LogP) is 4.98. The summed E-state index contributed by atoms with van der Waals surface area (Å²) in [5, 5.41) is 12.4. The van der Waals surface area contributed by atoms with E-state index in [2.05, 4.69) is 27.1 Å². The molecule has 32 heavy (non-hydrogen) atoms. The molecule has 7 nitrogen and oxygen atoms in total. The van der Waals surface area contributed by atoms with E-state index in [1.54, 1.807) is 24.7 Å². The van der Waals surface area contributed by atoms with Crippen LogP contribution in [0, 0.1) is 17.7 Å². The van der Waals surface area contributed by atoms with Crippen LogP contribution in [0.3, 0.4) is 0 Å². The fourth-order valence-corrected chi connectivity index (χ4v) is 3.23. The number of hydrogen-bond acceptors (Lipinski definition) is 6. The van der Waals surface area contributed by atoms with Gasteiger partial charge in [0, 0.05) is 30.0 Å². The minimum absolute atomic E-state index is 0.0126. The Balaban J connectivity index is 1.77. The lowest BCUT2D eigenvalue weighted by molar-refractivity contribution is -0.129. The number of benzene rings is 2. The second kappa shape index (κ2) is 11.3. The predicted molar refractivity (Wildman–Crippen MR) is 121 cm³/mol. The summed E-state index contributed by atoms with van der Waals surface area (Å²) in [6, 6.07) is 7.98. The molecule has 9 heteroatoms. The van der Waals surface area contributed by atoms with Crippen molar-refractivity contribution < 1.29 is 19.1 Å². The van der Waals surface area contributed by atoms with Crippen LogP contribution in [-0.4, -0.2) is 28.2 Å². The monoisotopic (exact) mass is 456 g/mol. The number of methoxy groups -OCH3 is 1. The Bertz CT molecular complexity index is 1180. The van der Waals surface area contributed by atoms with Crippen molar-refractivity contribution in [1.29, 1.82) is 0 Å². The van der Waals surface area contributed by atoms with Crippen molar-refractivity contribution in [3.63, 3.8) is 0 Å². The topological polar surface area (TPSA) is 96.4 Å². The van der Waals surface area contributed by atoms with Crippen molar-refractivity contribution in [3.8, 4) is 17.6 Å². The van der Waals surface area contributed by atoms with Crippen LogP contribution in [0.4, 0.5) is 15.9 Å². The second-order valence-electron chi connectivity index (χ2n) is 6.94. The summed E-state index contributed by atoms with van der Waals surface area (Å²) < 4.78 is 18.9. The molecule has 0 saturated heterocycles. The number of rotatable bonds is 8. The van der Waals surface area contributed by atoms with Crippen LogP contribution in [-0.2, 0) is 4.79 Å². The number of aromatic nitrogens is 2. The van der Waals surface area contributed by atoms with Gasteiger partial charge in [-0.25, -0.2) is 19.8 Å². The molecule has 2 aromatic carbocycles. The number of nitrogens with zero attached hydrogens (tertiary/aromatic N) is 2. The molecular formula is C23H22ClFN4O3. The van der Waals surface area contributed by atoms with E-state index in [1.165, 1.54) is 18.5 Å². The van der Waals surface area contributed by atoms with Crippen LogP contribution in [0.5, 0.6) is 5.75 Å². The van der Waals surface area contributed by atoms with E-state index in [9.17, 15) is 9.18 Å². The highest BCUT2D eigenvalue weighted by Gasteiger charge is 2.10. The van der Waals surface area contributed by atoms with Crippen molar-refractivity contribution in [2.24, 2.45) is 0 Å². The molecule has 0 aliphatic rings. The van der Waals surface area contributed by atoms with Crippen LogP contribution < -0.4 is 15.5 Å². The normalized spacial score (nSPS) is 10.4. The van der Waals surface area contributed by atoms with E-state index in [-0.39, 0.29) is 17.4 Å². The Morgan fingerprint density at radius 1 is 1.22 bits per heavy atom. The lowest BCUT2D eigenvalue weighted by atomic mass is 10.1. The first-order valence-electron chi connectivity index (χ1n) is 9.98. The van der Waals surface area contributed by atoms with Crippen LogP contribution in [0.2, 0.25) is 5.02 Å². The van der Waals surface area contributed by atoms with Crippen molar-refractivity contribution in [2.45, 2.75) is 32.1 Å². The molecule has 0 saturated carbocycles. The van der Waals surface area contributed by atoms with Crippen molar-refractivity contribution in [2.75, 3.05) is 12.4 Å². The molecule has 0 aliphatic heterocycles. The molecule has 3 aromatic rings. The number of ether oxygens (including phenoxy) is 1. The molecule has 0 radical (unpaired) electrons. The first kappa shape index (κ1) is 23.3. The van der Waals surface area contributed by atoms with Gasteiger partial charge >= 0.3 is 0 Å². The molecular weight excluding hydrogens is 435 g/mol. The molecule has 0 aliphatic carbocycles. The molecule has 1 aromatic heterocycles. The van der Waals surface area contributed by atoms with E-state index in [0.29, 0.717) is 41.2 Å². The molecule has 0 atom stereocenters. The minimum Gasteiger partial charge on any atom is -0.495 e. The Kier molecular flexibility index (Phi) is 8.20. The molecule has 0 unspecified atom stereocenters. The molecule has 3 rings (SSSR count). The molecule has 1 heterocycles. The number of carbonyl (C=O) groups excluding carboxylic acids is 1. The molecule has 0 bridgehead atoms. The molecule has 166 valence electrons. The Morgan fingerprint density at radius 2 is 2.06 bits per heavy atom. The summed E-state index contributed by atoms with van der Waals surface area (Å²) in [4.78, 5) is 19.6. The second-order valence-corrected chi connectivity index (χ2v) is 7.35. The number of nitrogens with one attached hydrogen (secondary N) is 2. The number of halogens is 2. The largest absolute Gasteiger partial charge is 0.495 e. The summed E-state index contributed by atoms with van der Waals surface area (Å²) >= 11 is 5.88. The van der Waals surface area contributed by atoms with Gasteiger partial charge in [-0.1, -0.05) is 29.9 Å². The fraction of sp³-hybridized carbons (Fsp3) is 0.261. The Morgan fingerprint density at radius 3 is 2.81 bits per heavy atom. The Labute approximate surface area is 189 Å². The molecule has 0 spiro atoms. The minimum atomic E-state index is -0.497. The van der Waals surface area contributed by atoms with Gasteiger partial charge in [0.15, 0.2) is 0 Å². The zero-order chi connectivity index (χ0) is 22.9. The summed E-state index contributed by atoms with van der Waals surface area (Å²) in [6.45, 7) is 0. The van der Waals surface area contributed by atoms with Gasteiger partial charge in [-0.2, -0.15) is 0 Å². The SMILES string of the molecule is COc1cc2ncnc(Nc3ccc(F)c(Cl)c3)c2cc1C#CCCCCCC(=O)NO. The smallest absolute Gasteiger partial charge is 0.243 e. The van der Waals surface area contributed by atoms with E-state index in [4.69, 9.17) is 21.5 Å². The van der Waals surface area contributed by atoms with Crippen LogP contribution in [0.1, 0.15) is 37.7 Å². The molecule has 3 N–H and O–H groups in total. The maximum atomic E-state index is 13.5. The highest BCUT2D eigenvalue weighted by Crippen LogP contribution is 2.30. The number of carbonyl (C=O) groups is 1. The lowest BCUT2D eigenvalue weighted by Crippen LogP contribution is -2.17. The van der Waals surface area contributed by atoms with Crippen LogP contribution in [0.25, 0.3) is 10.9 Å². The zero-order valence-corrected chi connectivity index (χ0v) is 18.2. The number of hydroxylamine groups is 1. The quantitative estimate of drug-likeness (QED) is 0.191. The Hall–Kier alpha value is -3.41. The third-order valence-corrected chi connectivity index (χ3v) is 4.98. The highest BCUT2D eigenvalue weighted by atomic mass is 35.5. The third-order valence-electron chi connectivity index (χ3n) is 4.69. The number of unbranched alkanes of at least 4 members (excludes halogenated alkanes) is 3. The van der Waals surface area contributed by atoms with Crippen molar-refractivity contribution in [1.82, 2.24) is 15.4 Å². The van der Waals surface area contributed by atoms with Gasteiger partial charge in [-0.15, -0.1) is 0 Å². The first-order chi connectivity index (χ1) is 15.5. The van der Waals surface area contributed by atoms with E-state index >= 15 is 0 Å². The lowest BCUT2D eigenvalue weighted by Gasteiger charge is -2.11. The summed E-state index contributed by atoms with van der Waals surface area (Å²) in [6.07, 6.45) is 4.73. The van der Waals surface area contributed by atoms with Crippen molar-refractivity contribution >= 4 is 39.9 Å². The van der Waals surface area contributed by atoms with Gasteiger partial charge in [-0.3, -0.25) is 10.0 Å². The summed E-state index contributed by atoms with van der Waals surface area (Å²) in [7, 11) is 1.57. The number of anilines is 2. The van der Waals surface area contributed by atoms with Gasteiger partial charge < -0.3 is 10.1 Å². The van der Waals surface area contributed by atoms with E-state index in [1.807, 2.05) is 6.07 Å². The average Bonchev–Trinajstić information content (AvgIpc) is 2.80. The maximum Gasteiger partial charge on any atom is 0.243 e. The van der Waals surface area contributed by atoms with Gasteiger partial charge in [0.1, 0.15) is 23.7 Å². The average molecular weight is 457 g/mol. The summed E-state index contributed by atoms with van der Waals surface area (Å²) in [5.74, 6) is 6.50. The number of fused-ring (bicyclic) bond motifs is 1. The maximum absolute atomic E-state index is 13.5. The van der Waals surface area contributed by atoms with Crippen molar-refractivity contribution in [3.05, 3.63) is 53.1 Å². The standard InChI is InChI=1S/C23H22ClFN4O3/c1-32-21-13-20-17(11-15(21)7-5-3-2-4-6-8-22(30)29-31)23(27-14-26-20)28-16-9-10-19(25)18(24)12-16/h9-14,31H,2-4,6,8H2,1H3,(H,29,30)(H,26,27,28). The zero-order valence-electron chi connectivity index (χ0n) is 17.4. The first-order valence-corrected chi connectivity index (χ1v) is 10.4. The molecule has 1 amide bonds. The van der Waals surface area contributed by atoms with Crippen LogP contribution in [0.15, 0.2) is 36.7 Å². The van der Waals surface area contributed by atoms with Gasteiger partial charge in [0.2, 0.25) is 5.91 Å². The summed E-state index contributed by atoms with van der Waals surface area (Å²) in [5.41, 5.74) is 3.57. The van der Waals surface area contributed by atoms with E-state index < -0.39 is 5.82 Å². The van der Waals surface area contributed by atoms with Crippen LogP contribution >= 0.6 is 11.6 Å². The molecule has 0 fully saturated rings. The van der Waals surface area contributed by atoms with Gasteiger partial charge in [0.25, 0.3) is 0 Å². The number of amides is 1. The number of hydrogen-bond donors (Lipinski definition) is 3. The highest BCUT2D eigenvalue weighted by molar-refractivity contribution is 6.31. The third kappa shape index (κ3) is 6.06. The van der Waals surface area contributed by atoms with Gasteiger partial charge in [0.05, 0.1) is 23.2 Å².